The molecule has 2 saturated carbocycles. The fourth-order valence-corrected chi connectivity index (χ4v) is 2.64. The molecule has 2 aliphatic rings. The lowest BCUT2D eigenvalue weighted by atomic mass is 9.85. The third kappa shape index (κ3) is 3.37. The maximum absolute atomic E-state index is 12.5. The quantitative estimate of drug-likeness (QED) is 0.821. The van der Waals surface area contributed by atoms with Crippen LogP contribution < -0.4 is 5.73 Å². The van der Waals surface area contributed by atoms with Crippen LogP contribution in [0.3, 0.4) is 0 Å². The third-order valence-corrected chi connectivity index (χ3v) is 3.67. The largest absolute Gasteiger partial charge is 0.334 e. The second kappa shape index (κ2) is 5.29. The van der Waals surface area contributed by atoms with E-state index in [1.165, 1.54) is 4.90 Å². The lowest BCUT2D eigenvalue weighted by molar-refractivity contribution is -0.139. The Labute approximate surface area is 100 Å². The summed E-state index contributed by atoms with van der Waals surface area (Å²) in [6.07, 6.45) is 2.66. The van der Waals surface area contributed by atoms with Crippen molar-refractivity contribution < 1.29 is 13.6 Å². The Morgan fingerprint density at radius 1 is 1.29 bits per heavy atom. The van der Waals surface area contributed by atoms with Gasteiger partial charge in [-0.2, -0.15) is 0 Å². The average Bonchev–Trinajstić information content (AvgIpc) is 3.08. The summed E-state index contributed by atoms with van der Waals surface area (Å²) in [6, 6.07) is 0.125. The van der Waals surface area contributed by atoms with E-state index in [1.807, 2.05) is 0 Å². The van der Waals surface area contributed by atoms with Crippen molar-refractivity contribution in [3.8, 4) is 0 Å². The molecule has 0 saturated heterocycles. The number of nitrogens with two attached hydrogens (primary N) is 1. The molecule has 5 heteroatoms. The fraction of sp³-hybridized carbons (Fsp3) is 0.917. The molecule has 0 heterocycles. The van der Waals surface area contributed by atoms with Crippen LogP contribution in [-0.2, 0) is 4.79 Å². The minimum absolute atomic E-state index is 0.0605. The number of halogens is 2. The SMILES string of the molecule is NC1CCCC(C(=O)N(CC(F)F)C2CC2)C1. The van der Waals surface area contributed by atoms with Crippen molar-refractivity contribution in [1.29, 1.82) is 0 Å². The van der Waals surface area contributed by atoms with Crippen LogP contribution in [0.5, 0.6) is 0 Å². The van der Waals surface area contributed by atoms with Gasteiger partial charge in [-0.1, -0.05) is 6.42 Å². The molecule has 0 radical (unpaired) electrons. The van der Waals surface area contributed by atoms with E-state index >= 15 is 0 Å². The molecule has 2 aliphatic carbocycles. The van der Waals surface area contributed by atoms with Crippen molar-refractivity contribution in [3.63, 3.8) is 0 Å². The predicted molar refractivity (Wildman–Crippen MR) is 60.7 cm³/mol. The van der Waals surface area contributed by atoms with E-state index in [1.54, 1.807) is 0 Å². The normalized spacial score (nSPS) is 29.4. The minimum Gasteiger partial charge on any atom is -0.334 e. The van der Waals surface area contributed by atoms with Gasteiger partial charge in [0.25, 0.3) is 6.43 Å². The van der Waals surface area contributed by atoms with E-state index in [2.05, 4.69) is 0 Å². The molecule has 0 aromatic rings. The molecule has 1 amide bonds. The Bertz CT molecular complexity index is 282. The summed E-state index contributed by atoms with van der Waals surface area (Å²) in [7, 11) is 0. The number of carbonyl (C=O) groups is 1. The maximum atomic E-state index is 12.5. The van der Waals surface area contributed by atoms with Gasteiger partial charge < -0.3 is 10.6 Å². The smallest absolute Gasteiger partial charge is 0.255 e. The molecule has 0 bridgehead atoms. The first-order valence-corrected chi connectivity index (χ1v) is 6.42. The number of hydrogen-bond donors (Lipinski definition) is 1. The Morgan fingerprint density at radius 3 is 2.53 bits per heavy atom. The van der Waals surface area contributed by atoms with Crippen LogP contribution in [-0.4, -0.2) is 35.9 Å². The van der Waals surface area contributed by atoms with Crippen LogP contribution in [0.1, 0.15) is 38.5 Å². The summed E-state index contributed by atoms with van der Waals surface area (Å²) in [4.78, 5) is 13.6. The molecule has 2 rings (SSSR count). The highest BCUT2D eigenvalue weighted by atomic mass is 19.3. The second-order valence-electron chi connectivity index (χ2n) is 5.24. The van der Waals surface area contributed by atoms with Crippen molar-refractivity contribution in [3.05, 3.63) is 0 Å². The lowest BCUT2D eigenvalue weighted by Gasteiger charge is -2.31. The first-order valence-electron chi connectivity index (χ1n) is 6.42. The number of hydrogen-bond acceptors (Lipinski definition) is 2. The summed E-state index contributed by atoms with van der Waals surface area (Å²) < 4.78 is 24.9. The van der Waals surface area contributed by atoms with E-state index in [-0.39, 0.29) is 23.9 Å². The zero-order chi connectivity index (χ0) is 12.4. The molecule has 0 aromatic carbocycles. The van der Waals surface area contributed by atoms with Gasteiger partial charge in [-0.3, -0.25) is 4.79 Å². The molecule has 2 N–H and O–H groups in total. The van der Waals surface area contributed by atoms with Gasteiger partial charge >= 0.3 is 0 Å². The molecule has 2 unspecified atom stereocenters. The Kier molecular flexibility index (Phi) is 3.97. The van der Waals surface area contributed by atoms with Crippen molar-refractivity contribution >= 4 is 5.91 Å². The third-order valence-electron chi connectivity index (χ3n) is 3.67. The van der Waals surface area contributed by atoms with Gasteiger partial charge in [-0.05, 0) is 32.1 Å². The van der Waals surface area contributed by atoms with Crippen molar-refractivity contribution in [2.24, 2.45) is 11.7 Å². The van der Waals surface area contributed by atoms with Gasteiger partial charge in [0.2, 0.25) is 5.91 Å². The van der Waals surface area contributed by atoms with Gasteiger partial charge in [0.05, 0.1) is 6.54 Å². The summed E-state index contributed by atoms with van der Waals surface area (Å²) in [5.41, 5.74) is 5.84. The molecule has 0 spiro atoms. The van der Waals surface area contributed by atoms with E-state index in [0.29, 0.717) is 6.42 Å². The highest BCUT2D eigenvalue weighted by Crippen LogP contribution is 2.32. The lowest BCUT2D eigenvalue weighted by Crippen LogP contribution is -2.43. The Hall–Kier alpha value is -0.710. The second-order valence-corrected chi connectivity index (χ2v) is 5.24. The van der Waals surface area contributed by atoms with Gasteiger partial charge in [0, 0.05) is 18.0 Å². The minimum atomic E-state index is -2.43. The van der Waals surface area contributed by atoms with Crippen LogP contribution in [0.15, 0.2) is 0 Å². The van der Waals surface area contributed by atoms with E-state index in [0.717, 1.165) is 32.1 Å². The predicted octanol–water partition coefficient (Wildman–Crippen LogP) is 1.76. The molecule has 3 nitrogen and oxygen atoms in total. The Balaban J connectivity index is 1.95. The molecule has 2 atom stereocenters. The summed E-state index contributed by atoms with van der Waals surface area (Å²) in [6.45, 7) is -0.408. The standard InChI is InChI=1S/C12H20F2N2O/c13-11(14)7-16(10-4-5-10)12(17)8-2-1-3-9(15)6-8/h8-11H,1-7,15H2. The van der Waals surface area contributed by atoms with Crippen LogP contribution >= 0.6 is 0 Å². The summed E-state index contributed by atoms with van der Waals surface area (Å²) in [5, 5.41) is 0. The van der Waals surface area contributed by atoms with Gasteiger partial charge in [0.1, 0.15) is 0 Å². The van der Waals surface area contributed by atoms with Crippen molar-refractivity contribution in [1.82, 2.24) is 4.90 Å². The van der Waals surface area contributed by atoms with Crippen LogP contribution in [0.4, 0.5) is 8.78 Å². The number of alkyl halides is 2. The van der Waals surface area contributed by atoms with Gasteiger partial charge in [0.15, 0.2) is 0 Å². The first kappa shape index (κ1) is 12.7. The fourth-order valence-electron chi connectivity index (χ4n) is 2.64. The van der Waals surface area contributed by atoms with Crippen molar-refractivity contribution in [2.75, 3.05) is 6.54 Å². The van der Waals surface area contributed by atoms with Crippen molar-refractivity contribution in [2.45, 2.75) is 57.0 Å². The van der Waals surface area contributed by atoms with E-state index < -0.39 is 13.0 Å². The van der Waals surface area contributed by atoms with E-state index in [4.69, 9.17) is 5.73 Å². The average molecular weight is 246 g/mol. The van der Waals surface area contributed by atoms with E-state index in [9.17, 15) is 13.6 Å². The maximum Gasteiger partial charge on any atom is 0.255 e. The number of carbonyl (C=O) groups excluding carboxylic acids is 1. The highest BCUT2D eigenvalue weighted by molar-refractivity contribution is 5.79. The first-order chi connectivity index (χ1) is 8.08. The summed E-state index contributed by atoms with van der Waals surface area (Å²) in [5.74, 6) is -0.221. The number of rotatable bonds is 4. The summed E-state index contributed by atoms with van der Waals surface area (Å²) >= 11 is 0. The molecule has 17 heavy (non-hydrogen) atoms. The molecule has 0 aromatic heterocycles. The molecule has 98 valence electrons. The van der Waals surface area contributed by atoms with Gasteiger partial charge in [-0.15, -0.1) is 0 Å². The number of amides is 1. The Morgan fingerprint density at radius 2 is 2.00 bits per heavy atom. The topological polar surface area (TPSA) is 46.3 Å². The zero-order valence-electron chi connectivity index (χ0n) is 9.95. The molecular weight excluding hydrogens is 226 g/mol. The van der Waals surface area contributed by atoms with Crippen LogP contribution in [0.2, 0.25) is 0 Å². The monoisotopic (exact) mass is 246 g/mol. The molecule has 2 fully saturated rings. The van der Waals surface area contributed by atoms with Gasteiger partial charge in [-0.25, -0.2) is 8.78 Å². The molecule has 0 aliphatic heterocycles. The van der Waals surface area contributed by atoms with Crippen LogP contribution in [0.25, 0.3) is 0 Å². The van der Waals surface area contributed by atoms with Crippen LogP contribution in [0, 0.1) is 5.92 Å². The zero-order valence-corrected chi connectivity index (χ0v) is 9.95. The number of nitrogens with zero attached hydrogens (tertiary/aromatic N) is 1. The highest BCUT2D eigenvalue weighted by Gasteiger charge is 2.38. The molecular formula is C12H20F2N2O.